The number of benzene rings is 1. The Morgan fingerprint density at radius 3 is 2.67 bits per heavy atom. The van der Waals surface area contributed by atoms with Crippen molar-refractivity contribution in [3.63, 3.8) is 0 Å². The summed E-state index contributed by atoms with van der Waals surface area (Å²) in [4.78, 5) is 23.7. The molecule has 4 heteroatoms. The van der Waals surface area contributed by atoms with Gasteiger partial charge in [0.1, 0.15) is 0 Å². The van der Waals surface area contributed by atoms with E-state index in [0.717, 1.165) is 23.6 Å². The number of para-hydroxylation sites is 1. The minimum absolute atomic E-state index is 0.294. The quantitative estimate of drug-likeness (QED) is 0.601. The number of ether oxygens (including phenoxy) is 1. The van der Waals surface area contributed by atoms with E-state index in [1.165, 1.54) is 0 Å². The van der Waals surface area contributed by atoms with Crippen LogP contribution in [0.1, 0.15) is 48.0 Å². The fourth-order valence-electron chi connectivity index (χ4n) is 2.49. The largest absolute Gasteiger partial charge is 0.462 e. The van der Waals surface area contributed by atoms with Crippen LogP contribution >= 0.6 is 0 Å². The van der Waals surface area contributed by atoms with Crippen molar-refractivity contribution in [3.05, 3.63) is 35.5 Å². The minimum Gasteiger partial charge on any atom is -0.462 e. The molecule has 1 heterocycles. The third-order valence-corrected chi connectivity index (χ3v) is 3.53. The highest BCUT2D eigenvalue weighted by Gasteiger charge is 2.22. The Morgan fingerprint density at radius 2 is 2.05 bits per heavy atom. The number of fused-ring (bicyclic) bond motifs is 1. The molecule has 1 aromatic carbocycles. The van der Waals surface area contributed by atoms with Crippen molar-refractivity contribution < 1.29 is 14.3 Å². The number of aldehydes is 1. The lowest BCUT2D eigenvalue weighted by Gasteiger charge is -2.09. The van der Waals surface area contributed by atoms with Crippen molar-refractivity contribution in [1.82, 2.24) is 4.57 Å². The van der Waals surface area contributed by atoms with Crippen molar-refractivity contribution in [2.24, 2.45) is 5.92 Å². The van der Waals surface area contributed by atoms with Crippen LogP contribution < -0.4 is 0 Å². The van der Waals surface area contributed by atoms with Crippen LogP contribution in [-0.2, 0) is 11.3 Å². The normalized spacial score (nSPS) is 11.0. The average Bonchev–Trinajstić information content (AvgIpc) is 2.78. The van der Waals surface area contributed by atoms with Crippen LogP contribution in [0.3, 0.4) is 0 Å². The Balaban J connectivity index is 2.61. The van der Waals surface area contributed by atoms with Gasteiger partial charge in [0.25, 0.3) is 0 Å². The second-order valence-electron chi connectivity index (χ2n) is 5.45. The molecule has 0 aliphatic heterocycles. The Bertz CT molecular complexity index is 655. The Morgan fingerprint density at radius 1 is 1.33 bits per heavy atom. The van der Waals surface area contributed by atoms with E-state index < -0.39 is 5.97 Å². The maximum Gasteiger partial charge on any atom is 0.341 e. The van der Waals surface area contributed by atoms with Gasteiger partial charge in [-0.2, -0.15) is 0 Å². The average molecular weight is 287 g/mol. The van der Waals surface area contributed by atoms with E-state index >= 15 is 0 Å². The number of nitrogens with zero attached hydrogens (tertiary/aromatic N) is 1. The molecular weight excluding hydrogens is 266 g/mol. The number of aryl methyl sites for hydroxylation is 1. The number of carbonyl (C=O) groups is 2. The first-order valence-corrected chi connectivity index (χ1v) is 7.33. The topological polar surface area (TPSA) is 48.3 Å². The summed E-state index contributed by atoms with van der Waals surface area (Å²) in [5.74, 6) is 0.0933. The molecule has 0 saturated heterocycles. The molecule has 0 saturated carbocycles. The molecule has 0 aliphatic carbocycles. The van der Waals surface area contributed by atoms with Gasteiger partial charge >= 0.3 is 5.97 Å². The summed E-state index contributed by atoms with van der Waals surface area (Å²) in [6.07, 6.45) is 1.70. The first-order valence-electron chi connectivity index (χ1n) is 7.33. The van der Waals surface area contributed by atoms with Crippen molar-refractivity contribution in [2.75, 3.05) is 6.61 Å². The van der Waals surface area contributed by atoms with Crippen LogP contribution in [0.15, 0.2) is 24.3 Å². The SMILES string of the molecule is CCOC(=O)c1c(C=O)n(CCC(C)C)c2ccccc12. The van der Waals surface area contributed by atoms with E-state index in [2.05, 4.69) is 13.8 Å². The highest BCUT2D eigenvalue weighted by Crippen LogP contribution is 2.27. The predicted molar refractivity (Wildman–Crippen MR) is 82.7 cm³/mol. The molecule has 0 N–H and O–H groups in total. The number of rotatable bonds is 6. The molecule has 4 nitrogen and oxygen atoms in total. The van der Waals surface area contributed by atoms with E-state index in [1.807, 2.05) is 28.8 Å². The number of hydrogen-bond donors (Lipinski definition) is 0. The zero-order valence-corrected chi connectivity index (χ0v) is 12.8. The van der Waals surface area contributed by atoms with Crippen molar-refractivity contribution in [3.8, 4) is 0 Å². The van der Waals surface area contributed by atoms with E-state index in [1.54, 1.807) is 6.92 Å². The molecule has 0 spiro atoms. The molecule has 0 bridgehead atoms. The van der Waals surface area contributed by atoms with E-state index in [0.29, 0.717) is 30.3 Å². The van der Waals surface area contributed by atoms with Gasteiger partial charge in [-0.1, -0.05) is 32.0 Å². The lowest BCUT2D eigenvalue weighted by molar-refractivity contribution is 0.0526. The number of carbonyl (C=O) groups excluding carboxylic acids is 2. The lowest BCUT2D eigenvalue weighted by Crippen LogP contribution is -2.10. The third-order valence-electron chi connectivity index (χ3n) is 3.53. The first kappa shape index (κ1) is 15.3. The smallest absolute Gasteiger partial charge is 0.341 e. The monoisotopic (exact) mass is 287 g/mol. The van der Waals surface area contributed by atoms with Crippen LogP contribution in [0.25, 0.3) is 10.9 Å². The molecule has 0 fully saturated rings. The number of esters is 1. The van der Waals surface area contributed by atoms with Gasteiger partial charge in [0.15, 0.2) is 6.29 Å². The number of aromatic nitrogens is 1. The predicted octanol–water partition coefficient (Wildman–Crippen LogP) is 3.68. The van der Waals surface area contributed by atoms with Gasteiger partial charge in [-0.25, -0.2) is 4.79 Å². The van der Waals surface area contributed by atoms with Crippen molar-refractivity contribution >= 4 is 23.2 Å². The molecule has 0 atom stereocenters. The molecular formula is C17H21NO3. The van der Waals surface area contributed by atoms with Crippen molar-refractivity contribution in [1.29, 1.82) is 0 Å². The summed E-state index contributed by atoms with van der Waals surface area (Å²) in [5.41, 5.74) is 1.70. The van der Waals surface area contributed by atoms with E-state index in [4.69, 9.17) is 4.74 Å². The summed E-state index contributed by atoms with van der Waals surface area (Å²) in [5, 5.41) is 0.779. The highest BCUT2D eigenvalue weighted by molar-refractivity contribution is 6.10. The summed E-state index contributed by atoms with van der Waals surface area (Å²) < 4.78 is 7.03. The molecule has 0 aliphatic rings. The van der Waals surface area contributed by atoms with Crippen LogP contribution in [-0.4, -0.2) is 23.4 Å². The molecule has 0 radical (unpaired) electrons. The summed E-state index contributed by atoms with van der Waals surface area (Å²) >= 11 is 0. The summed E-state index contributed by atoms with van der Waals surface area (Å²) in [6, 6.07) is 7.58. The summed E-state index contributed by atoms with van der Waals surface area (Å²) in [7, 11) is 0. The van der Waals surface area contributed by atoms with Gasteiger partial charge in [0.2, 0.25) is 0 Å². The maximum absolute atomic E-state index is 12.2. The van der Waals surface area contributed by atoms with Crippen LogP contribution in [0.2, 0.25) is 0 Å². The molecule has 2 aromatic rings. The Labute approximate surface area is 124 Å². The van der Waals surface area contributed by atoms with Gasteiger partial charge < -0.3 is 9.30 Å². The van der Waals surface area contributed by atoms with E-state index in [-0.39, 0.29) is 0 Å². The molecule has 0 amide bonds. The van der Waals surface area contributed by atoms with E-state index in [9.17, 15) is 9.59 Å². The fourth-order valence-corrected chi connectivity index (χ4v) is 2.49. The van der Waals surface area contributed by atoms with Crippen LogP contribution in [0.5, 0.6) is 0 Å². The zero-order chi connectivity index (χ0) is 15.4. The van der Waals surface area contributed by atoms with Crippen molar-refractivity contribution in [2.45, 2.75) is 33.7 Å². The molecule has 2 rings (SSSR count). The Hall–Kier alpha value is -2.10. The standard InChI is InChI=1S/C17H21NO3/c1-4-21-17(20)16-13-7-5-6-8-14(13)18(15(16)11-19)10-9-12(2)3/h5-8,11-12H,4,9-10H2,1-3H3. The van der Waals surface area contributed by atoms with Gasteiger partial charge in [-0.15, -0.1) is 0 Å². The van der Waals surface area contributed by atoms with Gasteiger partial charge in [-0.3, -0.25) is 4.79 Å². The third kappa shape index (κ3) is 2.99. The van der Waals surface area contributed by atoms with Crippen LogP contribution in [0, 0.1) is 5.92 Å². The molecule has 112 valence electrons. The Kier molecular flexibility index (Phi) is 4.78. The molecule has 1 aromatic heterocycles. The fraction of sp³-hybridized carbons (Fsp3) is 0.412. The van der Waals surface area contributed by atoms with Crippen LogP contribution in [0.4, 0.5) is 0 Å². The van der Waals surface area contributed by atoms with Gasteiger partial charge in [-0.05, 0) is 25.3 Å². The second kappa shape index (κ2) is 6.57. The minimum atomic E-state index is -0.431. The summed E-state index contributed by atoms with van der Waals surface area (Å²) in [6.45, 7) is 7.04. The zero-order valence-electron chi connectivity index (χ0n) is 12.8. The molecule has 0 unspecified atom stereocenters. The lowest BCUT2D eigenvalue weighted by atomic mass is 10.1. The maximum atomic E-state index is 12.2. The highest BCUT2D eigenvalue weighted by atomic mass is 16.5. The van der Waals surface area contributed by atoms with Gasteiger partial charge in [0, 0.05) is 17.4 Å². The van der Waals surface area contributed by atoms with Gasteiger partial charge in [0.05, 0.1) is 17.9 Å². The second-order valence-corrected chi connectivity index (χ2v) is 5.45. The first-order chi connectivity index (χ1) is 10.1. The number of hydrogen-bond acceptors (Lipinski definition) is 3. The molecule has 21 heavy (non-hydrogen) atoms.